The van der Waals surface area contributed by atoms with Gasteiger partial charge in [0.15, 0.2) is 6.16 Å². The molecule has 0 radical (unpaired) electrons. The molecule has 0 heterocycles. The minimum absolute atomic E-state index is 0. The van der Waals surface area contributed by atoms with E-state index in [1.165, 1.54) is 12.1 Å². The van der Waals surface area contributed by atoms with Crippen molar-refractivity contribution in [3.63, 3.8) is 0 Å². The average Bonchev–Trinajstić information content (AvgIpc) is 2.39. The number of esters is 1. The van der Waals surface area contributed by atoms with Gasteiger partial charge in [-0.1, -0.05) is 36.4 Å². The van der Waals surface area contributed by atoms with Gasteiger partial charge in [-0.05, 0) is 24.3 Å². The Morgan fingerprint density at radius 1 is 0.952 bits per heavy atom. The Morgan fingerprint density at radius 2 is 1.43 bits per heavy atom. The molecular formula is C14H13O5PPd. The van der Waals surface area contributed by atoms with E-state index in [-0.39, 0.29) is 26.2 Å². The van der Waals surface area contributed by atoms with Gasteiger partial charge >= 0.3 is 13.6 Å². The van der Waals surface area contributed by atoms with E-state index in [0.717, 1.165) is 0 Å². The van der Waals surface area contributed by atoms with Crippen LogP contribution >= 0.6 is 7.60 Å². The third-order valence-electron chi connectivity index (χ3n) is 2.30. The number of hydrogen-bond acceptors (Lipinski definition) is 4. The van der Waals surface area contributed by atoms with Crippen LogP contribution in [0.5, 0.6) is 11.5 Å². The Balaban J connectivity index is 0.00000220. The second-order valence-electron chi connectivity index (χ2n) is 3.99. The summed E-state index contributed by atoms with van der Waals surface area (Å²) in [4.78, 5) is 21.2. The predicted molar refractivity (Wildman–Crippen MR) is 73.8 cm³/mol. The van der Waals surface area contributed by atoms with Gasteiger partial charge in [-0.3, -0.25) is 4.79 Å². The van der Waals surface area contributed by atoms with Gasteiger partial charge in [0.2, 0.25) is 0 Å². The summed E-state index contributed by atoms with van der Waals surface area (Å²) in [5.74, 6) is -0.277. The minimum Gasteiger partial charge on any atom is -0.426 e. The van der Waals surface area contributed by atoms with E-state index in [1.54, 1.807) is 48.5 Å². The van der Waals surface area contributed by atoms with Crippen molar-refractivity contribution >= 4 is 13.6 Å². The van der Waals surface area contributed by atoms with Crippen molar-refractivity contribution in [2.45, 2.75) is 0 Å². The smallest absolute Gasteiger partial charge is 0.387 e. The SMILES string of the molecule is O=C(CP(=O)(O)Oc1ccccc1)Oc1ccccc1.[Pd]. The molecule has 0 amide bonds. The molecule has 2 aromatic carbocycles. The summed E-state index contributed by atoms with van der Waals surface area (Å²) in [5.41, 5.74) is 0. The second kappa shape index (κ2) is 8.11. The van der Waals surface area contributed by atoms with Crippen LogP contribution in [0.4, 0.5) is 0 Å². The molecule has 7 heteroatoms. The Morgan fingerprint density at radius 3 is 1.95 bits per heavy atom. The van der Waals surface area contributed by atoms with E-state index in [4.69, 9.17) is 9.26 Å². The van der Waals surface area contributed by atoms with Crippen molar-refractivity contribution in [3.8, 4) is 11.5 Å². The third kappa shape index (κ3) is 6.24. The topological polar surface area (TPSA) is 72.8 Å². The summed E-state index contributed by atoms with van der Waals surface area (Å²) in [6, 6.07) is 16.5. The number of rotatable bonds is 5. The molecule has 1 unspecified atom stereocenters. The maximum Gasteiger partial charge on any atom is 0.387 e. The molecule has 0 fully saturated rings. The van der Waals surface area contributed by atoms with Gasteiger partial charge in [-0.25, -0.2) is 4.57 Å². The van der Waals surface area contributed by atoms with Crippen LogP contribution in [0, 0.1) is 0 Å². The first-order chi connectivity index (χ1) is 9.55. The minimum atomic E-state index is -4.08. The van der Waals surface area contributed by atoms with Crippen molar-refractivity contribution in [2.24, 2.45) is 0 Å². The van der Waals surface area contributed by atoms with Gasteiger partial charge in [-0.2, -0.15) is 0 Å². The number of carbonyl (C=O) groups is 1. The van der Waals surface area contributed by atoms with Crippen LogP contribution in [0.15, 0.2) is 60.7 Å². The molecule has 0 saturated heterocycles. The molecule has 2 aromatic rings. The molecule has 1 N–H and O–H groups in total. The summed E-state index contributed by atoms with van der Waals surface area (Å²) in [6.45, 7) is 0. The molecule has 2 rings (SSSR count). The molecule has 5 nitrogen and oxygen atoms in total. The fraction of sp³-hybridized carbons (Fsp3) is 0.0714. The summed E-state index contributed by atoms with van der Waals surface area (Å²) in [7, 11) is -4.08. The Labute approximate surface area is 136 Å². The first kappa shape index (κ1) is 17.6. The first-order valence-electron chi connectivity index (χ1n) is 5.87. The van der Waals surface area contributed by atoms with Crippen molar-refractivity contribution in [1.82, 2.24) is 0 Å². The Kier molecular flexibility index (Phi) is 6.81. The normalized spacial score (nSPS) is 12.6. The zero-order valence-corrected chi connectivity index (χ0v) is 13.3. The molecule has 1 atom stereocenters. The van der Waals surface area contributed by atoms with Crippen molar-refractivity contribution in [3.05, 3.63) is 60.7 Å². The first-order valence-corrected chi connectivity index (χ1v) is 7.64. The van der Waals surface area contributed by atoms with Crippen LogP contribution in [0.1, 0.15) is 0 Å². The van der Waals surface area contributed by atoms with Crippen LogP contribution in [-0.2, 0) is 29.8 Å². The van der Waals surface area contributed by atoms with E-state index in [9.17, 15) is 14.3 Å². The standard InChI is InChI=1S/C14H13O5P.Pd/c15-14(18-12-7-3-1-4-8-12)11-20(16,17)19-13-9-5-2-6-10-13;/h1-10H,11H2,(H,16,17);. The van der Waals surface area contributed by atoms with Crippen molar-refractivity contribution < 1.29 is 43.9 Å². The van der Waals surface area contributed by atoms with E-state index >= 15 is 0 Å². The Hall–Kier alpha value is -1.44. The molecule has 0 aliphatic heterocycles. The number of hydrogen-bond donors (Lipinski definition) is 1. The average molecular weight is 399 g/mol. The fourth-order valence-corrected chi connectivity index (χ4v) is 2.40. The van der Waals surface area contributed by atoms with E-state index < -0.39 is 19.7 Å². The largest absolute Gasteiger partial charge is 0.426 e. The van der Waals surface area contributed by atoms with E-state index in [0.29, 0.717) is 5.75 Å². The summed E-state index contributed by atoms with van der Waals surface area (Å²) in [5, 5.41) is 0. The van der Waals surface area contributed by atoms with Gasteiger partial charge in [0, 0.05) is 20.4 Å². The van der Waals surface area contributed by atoms with Crippen LogP contribution in [0.2, 0.25) is 0 Å². The van der Waals surface area contributed by atoms with Crippen LogP contribution in [0.25, 0.3) is 0 Å². The molecule has 114 valence electrons. The number of para-hydroxylation sites is 2. The quantitative estimate of drug-likeness (QED) is 0.363. The summed E-state index contributed by atoms with van der Waals surface area (Å²) < 4.78 is 21.7. The molecule has 0 aliphatic carbocycles. The fourth-order valence-electron chi connectivity index (χ4n) is 1.49. The van der Waals surface area contributed by atoms with E-state index in [2.05, 4.69) is 0 Å². The van der Waals surface area contributed by atoms with Crippen molar-refractivity contribution in [2.75, 3.05) is 6.16 Å². The van der Waals surface area contributed by atoms with Crippen molar-refractivity contribution in [1.29, 1.82) is 0 Å². The monoisotopic (exact) mass is 398 g/mol. The summed E-state index contributed by atoms with van der Waals surface area (Å²) >= 11 is 0. The number of carbonyl (C=O) groups excluding carboxylic acids is 1. The Bertz CT molecular complexity index is 618. The van der Waals surface area contributed by atoms with Crippen LogP contribution in [-0.4, -0.2) is 17.0 Å². The van der Waals surface area contributed by atoms with Gasteiger partial charge in [0.05, 0.1) is 0 Å². The number of benzene rings is 2. The predicted octanol–water partition coefficient (Wildman–Crippen LogP) is 2.85. The van der Waals surface area contributed by atoms with Gasteiger partial charge in [0.25, 0.3) is 0 Å². The van der Waals surface area contributed by atoms with E-state index in [1.807, 2.05) is 0 Å². The van der Waals surface area contributed by atoms with Gasteiger partial charge in [-0.15, -0.1) is 0 Å². The van der Waals surface area contributed by atoms with Crippen LogP contribution < -0.4 is 9.26 Å². The summed E-state index contributed by atoms with van der Waals surface area (Å²) in [6.07, 6.45) is -0.712. The zero-order chi connectivity index (χ0) is 14.4. The molecule has 0 aromatic heterocycles. The molecule has 0 saturated carbocycles. The van der Waals surface area contributed by atoms with Gasteiger partial charge < -0.3 is 14.2 Å². The van der Waals surface area contributed by atoms with Crippen LogP contribution in [0.3, 0.4) is 0 Å². The second-order valence-corrected chi connectivity index (χ2v) is 5.76. The molecular weight excluding hydrogens is 386 g/mol. The maximum absolute atomic E-state index is 11.8. The molecule has 0 aliphatic rings. The maximum atomic E-state index is 11.8. The third-order valence-corrected chi connectivity index (χ3v) is 3.45. The van der Waals surface area contributed by atoms with Gasteiger partial charge in [0.1, 0.15) is 11.5 Å². The molecule has 0 bridgehead atoms. The molecule has 21 heavy (non-hydrogen) atoms. The number of ether oxygens (including phenoxy) is 1. The zero-order valence-electron chi connectivity index (χ0n) is 10.8. The molecule has 0 spiro atoms.